The van der Waals surface area contributed by atoms with Crippen LogP contribution in [-0.2, 0) is 0 Å². The van der Waals surface area contributed by atoms with Crippen LogP contribution in [0.4, 0.5) is 8.78 Å². The highest BCUT2D eigenvalue weighted by Gasteiger charge is 2.09. The third kappa shape index (κ3) is 2.94. The third-order valence-corrected chi connectivity index (χ3v) is 1.80. The van der Waals surface area contributed by atoms with Gasteiger partial charge in [-0.3, -0.25) is 0 Å². The van der Waals surface area contributed by atoms with Gasteiger partial charge in [0.05, 0.1) is 0 Å². The summed E-state index contributed by atoms with van der Waals surface area (Å²) in [6.07, 6.45) is 0.641. The van der Waals surface area contributed by atoms with E-state index in [9.17, 15) is 8.78 Å². The molecule has 0 bridgehead atoms. The molecule has 0 aliphatic rings. The van der Waals surface area contributed by atoms with Crippen molar-refractivity contribution in [2.24, 2.45) is 5.73 Å². The van der Waals surface area contributed by atoms with Gasteiger partial charge in [-0.05, 0) is 12.5 Å². The maximum absolute atomic E-state index is 13.0. The van der Waals surface area contributed by atoms with Crippen LogP contribution in [0.5, 0.6) is 0 Å². The van der Waals surface area contributed by atoms with Gasteiger partial charge >= 0.3 is 0 Å². The van der Waals surface area contributed by atoms with E-state index >= 15 is 0 Å². The van der Waals surface area contributed by atoms with Crippen LogP contribution in [0.1, 0.15) is 24.9 Å². The molecule has 1 aromatic carbocycles. The molecule has 1 aromatic rings. The molecule has 4 heteroatoms. The highest BCUT2D eigenvalue weighted by molar-refractivity contribution is 5.85. The number of benzene rings is 1. The first kappa shape index (κ1) is 12.3. The molecule has 1 atom stereocenters. The average molecular weight is 208 g/mol. The lowest BCUT2D eigenvalue weighted by Gasteiger charge is -2.09. The topological polar surface area (TPSA) is 26.0 Å². The maximum atomic E-state index is 13.0. The summed E-state index contributed by atoms with van der Waals surface area (Å²) in [6, 6.07) is 3.11. The van der Waals surface area contributed by atoms with Gasteiger partial charge < -0.3 is 5.73 Å². The zero-order valence-corrected chi connectivity index (χ0v) is 8.07. The molecule has 0 aliphatic carbocycles. The van der Waals surface area contributed by atoms with E-state index in [1.54, 1.807) is 0 Å². The van der Waals surface area contributed by atoms with Crippen molar-refractivity contribution >= 4 is 12.4 Å². The van der Waals surface area contributed by atoms with Crippen molar-refractivity contribution in [2.75, 3.05) is 0 Å². The number of hydrogen-bond donors (Lipinski definition) is 1. The number of halogens is 3. The molecule has 0 fully saturated rings. The molecule has 1 rings (SSSR count). The van der Waals surface area contributed by atoms with Crippen LogP contribution in [0, 0.1) is 11.6 Å². The fourth-order valence-electron chi connectivity index (χ4n) is 1.02. The SMILES string of the molecule is CCC(N)c1ccc(F)cc1F.Cl. The van der Waals surface area contributed by atoms with Gasteiger partial charge in [0.15, 0.2) is 0 Å². The second-order valence-corrected chi connectivity index (χ2v) is 2.68. The molecule has 0 heterocycles. The van der Waals surface area contributed by atoms with Gasteiger partial charge in [-0.25, -0.2) is 8.78 Å². The van der Waals surface area contributed by atoms with E-state index in [-0.39, 0.29) is 18.4 Å². The predicted molar refractivity (Wildman–Crippen MR) is 50.8 cm³/mol. The Kier molecular flexibility index (Phi) is 4.88. The highest BCUT2D eigenvalue weighted by Crippen LogP contribution is 2.17. The fourth-order valence-corrected chi connectivity index (χ4v) is 1.02. The standard InChI is InChI=1S/C9H11F2N.ClH/c1-2-9(12)7-4-3-6(10)5-8(7)11;/h3-5,9H,2,12H2,1H3;1H. The van der Waals surface area contributed by atoms with Gasteiger partial charge in [-0.15, -0.1) is 12.4 Å². The molecule has 0 amide bonds. The largest absolute Gasteiger partial charge is 0.324 e. The molecular weight excluding hydrogens is 196 g/mol. The van der Waals surface area contributed by atoms with Gasteiger partial charge in [0.25, 0.3) is 0 Å². The maximum Gasteiger partial charge on any atom is 0.130 e. The lowest BCUT2D eigenvalue weighted by atomic mass is 10.1. The Morgan fingerprint density at radius 1 is 1.38 bits per heavy atom. The van der Waals surface area contributed by atoms with Crippen LogP contribution in [0.25, 0.3) is 0 Å². The van der Waals surface area contributed by atoms with Crippen LogP contribution in [0.3, 0.4) is 0 Å². The van der Waals surface area contributed by atoms with Crippen LogP contribution in [0.2, 0.25) is 0 Å². The number of hydrogen-bond acceptors (Lipinski definition) is 1. The Morgan fingerprint density at radius 3 is 2.46 bits per heavy atom. The molecule has 0 spiro atoms. The Balaban J connectivity index is 0.00000144. The highest BCUT2D eigenvalue weighted by atomic mass is 35.5. The second kappa shape index (κ2) is 5.14. The van der Waals surface area contributed by atoms with E-state index in [2.05, 4.69) is 0 Å². The summed E-state index contributed by atoms with van der Waals surface area (Å²) in [6.45, 7) is 1.85. The minimum Gasteiger partial charge on any atom is -0.324 e. The number of nitrogens with two attached hydrogens (primary N) is 1. The lowest BCUT2D eigenvalue weighted by molar-refractivity contribution is 0.551. The van der Waals surface area contributed by atoms with Crippen molar-refractivity contribution in [3.8, 4) is 0 Å². The summed E-state index contributed by atoms with van der Waals surface area (Å²) in [4.78, 5) is 0. The normalized spacial score (nSPS) is 12.0. The van der Waals surface area contributed by atoms with Crippen LogP contribution < -0.4 is 5.73 Å². The summed E-state index contributed by atoms with van der Waals surface area (Å²) < 4.78 is 25.4. The van der Waals surface area contributed by atoms with Crippen molar-refractivity contribution in [1.82, 2.24) is 0 Å². The molecular formula is C9H12ClF2N. The van der Waals surface area contributed by atoms with E-state index in [0.29, 0.717) is 12.0 Å². The molecule has 0 saturated heterocycles. The van der Waals surface area contributed by atoms with Crippen molar-refractivity contribution in [2.45, 2.75) is 19.4 Å². The van der Waals surface area contributed by atoms with Gasteiger partial charge in [-0.2, -0.15) is 0 Å². The van der Waals surface area contributed by atoms with Crippen molar-refractivity contribution in [3.05, 3.63) is 35.4 Å². The molecule has 0 aliphatic heterocycles. The van der Waals surface area contributed by atoms with E-state index in [1.165, 1.54) is 12.1 Å². The van der Waals surface area contributed by atoms with Crippen LogP contribution in [-0.4, -0.2) is 0 Å². The first-order chi connectivity index (χ1) is 5.65. The van der Waals surface area contributed by atoms with Crippen LogP contribution in [0.15, 0.2) is 18.2 Å². The molecule has 0 saturated carbocycles. The van der Waals surface area contributed by atoms with E-state index < -0.39 is 11.6 Å². The minimum absolute atomic E-state index is 0. The van der Waals surface area contributed by atoms with Gasteiger partial charge in [0.2, 0.25) is 0 Å². The van der Waals surface area contributed by atoms with Crippen LogP contribution >= 0.6 is 12.4 Å². The monoisotopic (exact) mass is 207 g/mol. The number of rotatable bonds is 2. The predicted octanol–water partition coefficient (Wildman–Crippen LogP) is 2.80. The summed E-state index contributed by atoms with van der Waals surface area (Å²) in [5.74, 6) is -1.14. The van der Waals surface area contributed by atoms with E-state index in [4.69, 9.17) is 5.73 Å². The van der Waals surface area contributed by atoms with E-state index in [1.807, 2.05) is 6.92 Å². The summed E-state index contributed by atoms with van der Waals surface area (Å²) >= 11 is 0. The van der Waals surface area contributed by atoms with Crippen molar-refractivity contribution < 1.29 is 8.78 Å². The van der Waals surface area contributed by atoms with Crippen molar-refractivity contribution in [3.63, 3.8) is 0 Å². The Bertz CT molecular complexity index is 278. The first-order valence-electron chi connectivity index (χ1n) is 3.85. The zero-order valence-electron chi connectivity index (χ0n) is 7.26. The molecule has 0 radical (unpaired) electrons. The van der Waals surface area contributed by atoms with Gasteiger partial charge in [0, 0.05) is 17.7 Å². The molecule has 2 N–H and O–H groups in total. The third-order valence-electron chi connectivity index (χ3n) is 1.80. The molecule has 1 unspecified atom stereocenters. The molecule has 13 heavy (non-hydrogen) atoms. The average Bonchev–Trinajstić information content (AvgIpc) is 2.03. The summed E-state index contributed by atoms with van der Waals surface area (Å²) in [5.41, 5.74) is 5.96. The molecule has 1 nitrogen and oxygen atoms in total. The summed E-state index contributed by atoms with van der Waals surface area (Å²) in [7, 11) is 0. The lowest BCUT2D eigenvalue weighted by Crippen LogP contribution is -2.10. The Morgan fingerprint density at radius 2 is 2.00 bits per heavy atom. The Labute approximate surface area is 82.4 Å². The smallest absolute Gasteiger partial charge is 0.130 e. The minimum atomic E-state index is -0.570. The van der Waals surface area contributed by atoms with Gasteiger partial charge in [0.1, 0.15) is 11.6 Å². The van der Waals surface area contributed by atoms with E-state index in [0.717, 1.165) is 6.07 Å². The summed E-state index contributed by atoms with van der Waals surface area (Å²) in [5, 5.41) is 0. The molecule has 0 aromatic heterocycles. The quantitative estimate of drug-likeness (QED) is 0.793. The molecule has 74 valence electrons. The Hall–Kier alpha value is -0.670. The first-order valence-corrected chi connectivity index (χ1v) is 3.85. The fraction of sp³-hybridized carbons (Fsp3) is 0.333. The van der Waals surface area contributed by atoms with Crippen molar-refractivity contribution in [1.29, 1.82) is 0 Å². The zero-order chi connectivity index (χ0) is 9.14. The second-order valence-electron chi connectivity index (χ2n) is 2.68. The van der Waals surface area contributed by atoms with Gasteiger partial charge in [-0.1, -0.05) is 13.0 Å².